The minimum atomic E-state index is -0.926. The van der Waals surface area contributed by atoms with Crippen molar-refractivity contribution in [1.29, 1.82) is 5.26 Å². The van der Waals surface area contributed by atoms with Gasteiger partial charge >= 0.3 is 0 Å². The van der Waals surface area contributed by atoms with Gasteiger partial charge in [0.1, 0.15) is 11.3 Å². The number of hydrogen-bond acceptors (Lipinski definition) is 4. The number of nitriles is 1. The van der Waals surface area contributed by atoms with Crippen LogP contribution in [0.2, 0.25) is 0 Å². The maximum Gasteiger partial charge on any atom is 0.259 e. The zero-order chi connectivity index (χ0) is 17.7. The maximum atomic E-state index is 12.0. The predicted octanol–water partition coefficient (Wildman–Crippen LogP) is 2.25. The lowest BCUT2D eigenvalue weighted by Gasteiger charge is -2.27. The molecule has 1 fully saturated rings. The molecule has 0 aliphatic carbocycles. The summed E-state index contributed by atoms with van der Waals surface area (Å²) in [5.41, 5.74) is -0.149. The smallest absolute Gasteiger partial charge is 0.259 e. The van der Waals surface area contributed by atoms with Crippen molar-refractivity contribution in [2.45, 2.75) is 39.2 Å². The fraction of sp³-hybridized carbons (Fsp3) is 0.500. The molecule has 0 radical (unpaired) electrons. The van der Waals surface area contributed by atoms with E-state index in [1.807, 2.05) is 19.9 Å². The lowest BCUT2D eigenvalue weighted by atomic mass is 9.90. The largest absolute Gasteiger partial charge is 0.484 e. The second kappa shape index (κ2) is 7.35. The molecular weight excluding hydrogens is 306 g/mol. The van der Waals surface area contributed by atoms with Crippen LogP contribution in [-0.2, 0) is 9.59 Å². The first-order valence-electron chi connectivity index (χ1n) is 8.11. The van der Waals surface area contributed by atoms with Gasteiger partial charge in [-0.1, -0.05) is 19.9 Å². The van der Waals surface area contributed by atoms with Gasteiger partial charge < -0.3 is 15.0 Å². The van der Waals surface area contributed by atoms with E-state index in [0.717, 1.165) is 12.1 Å². The predicted molar refractivity (Wildman–Crippen MR) is 90.5 cm³/mol. The summed E-state index contributed by atoms with van der Waals surface area (Å²) in [6.45, 7) is 5.97. The Morgan fingerprint density at radius 3 is 2.83 bits per heavy atom. The van der Waals surface area contributed by atoms with Crippen LogP contribution in [0.15, 0.2) is 24.3 Å². The Hall–Kier alpha value is -2.55. The van der Waals surface area contributed by atoms with Crippen molar-refractivity contribution in [3.63, 3.8) is 0 Å². The van der Waals surface area contributed by atoms with E-state index in [1.165, 1.54) is 0 Å². The zero-order valence-corrected chi connectivity index (χ0v) is 14.3. The Morgan fingerprint density at radius 2 is 2.25 bits per heavy atom. The Morgan fingerprint density at radius 1 is 1.50 bits per heavy atom. The van der Waals surface area contributed by atoms with Crippen LogP contribution in [0.5, 0.6) is 5.75 Å². The molecule has 0 saturated carbocycles. The first kappa shape index (κ1) is 17.8. The van der Waals surface area contributed by atoms with E-state index in [0.29, 0.717) is 18.7 Å². The number of rotatable bonds is 6. The monoisotopic (exact) mass is 329 g/mol. The highest BCUT2D eigenvalue weighted by Crippen LogP contribution is 2.25. The average molecular weight is 329 g/mol. The third-order valence-electron chi connectivity index (χ3n) is 4.36. The number of nitrogens with one attached hydrogen (secondary N) is 1. The van der Waals surface area contributed by atoms with Crippen molar-refractivity contribution in [3.8, 4) is 11.8 Å². The molecule has 1 aromatic rings. The SMILES string of the molecule is CC(C)C(C)(C#N)NC(=O)COc1cccc(N2CCCC2=O)c1. The van der Waals surface area contributed by atoms with E-state index in [2.05, 4.69) is 11.4 Å². The molecule has 1 aliphatic heterocycles. The molecule has 0 aromatic heterocycles. The molecule has 1 N–H and O–H groups in total. The van der Waals surface area contributed by atoms with Crippen molar-refractivity contribution >= 4 is 17.5 Å². The third kappa shape index (κ3) is 4.05. The highest BCUT2D eigenvalue weighted by Gasteiger charge is 2.30. The molecule has 0 bridgehead atoms. The summed E-state index contributed by atoms with van der Waals surface area (Å²) >= 11 is 0. The van der Waals surface area contributed by atoms with Crippen LogP contribution in [0, 0.1) is 17.2 Å². The summed E-state index contributed by atoms with van der Waals surface area (Å²) in [6.07, 6.45) is 1.42. The number of carbonyl (C=O) groups is 2. The number of amides is 2. The van der Waals surface area contributed by atoms with Crippen LogP contribution in [0.25, 0.3) is 0 Å². The van der Waals surface area contributed by atoms with Gasteiger partial charge in [0.15, 0.2) is 6.61 Å². The molecule has 1 heterocycles. The van der Waals surface area contributed by atoms with Gasteiger partial charge in [0.25, 0.3) is 5.91 Å². The molecular formula is C18H23N3O3. The van der Waals surface area contributed by atoms with Crippen LogP contribution in [0.3, 0.4) is 0 Å². The average Bonchev–Trinajstić information content (AvgIpc) is 2.99. The summed E-state index contributed by atoms with van der Waals surface area (Å²) in [5.74, 6) is 0.253. The van der Waals surface area contributed by atoms with Gasteiger partial charge in [-0.3, -0.25) is 9.59 Å². The van der Waals surface area contributed by atoms with Gasteiger partial charge in [-0.05, 0) is 31.4 Å². The second-order valence-electron chi connectivity index (χ2n) is 6.45. The van der Waals surface area contributed by atoms with Crippen molar-refractivity contribution in [2.75, 3.05) is 18.1 Å². The standard InChI is InChI=1S/C18H23N3O3/c1-13(2)18(3,12-19)20-16(22)11-24-15-7-4-6-14(10-15)21-9-5-8-17(21)23/h4,6-7,10,13H,5,8-9,11H2,1-3H3,(H,20,22). The normalized spacial score (nSPS) is 16.6. The van der Waals surface area contributed by atoms with E-state index < -0.39 is 5.54 Å². The molecule has 0 spiro atoms. The van der Waals surface area contributed by atoms with Crippen LogP contribution in [0.4, 0.5) is 5.69 Å². The number of nitrogens with zero attached hydrogens (tertiary/aromatic N) is 2. The molecule has 1 atom stereocenters. The minimum Gasteiger partial charge on any atom is -0.484 e. The number of hydrogen-bond donors (Lipinski definition) is 1. The first-order valence-corrected chi connectivity index (χ1v) is 8.11. The molecule has 6 nitrogen and oxygen atoms in total. The molecule has 2 amide bonds. The van der Waals surface area contributed by atoms with Gasteiger partial charge in [-0.2, -0.15) is 5.26 Å². The summed E-state index contributed by atoms with van der Waals surface area (Å²) in [5, 5.41) is 11.9. The number of carbonyl (C=O) groups excluding carboxylic acids is 2. The third-order valence-corrected chi connectivity index (χ3v) is 4.36. The van der Waals surface area contributed by atoms with Gasteiger partial charge in [0, 0.05) is 24.7 Å². The summed E-state index contributed by atoms with van der Waals surface area (Å²) < 4.78 is 5.51. The number of benzene rings is 1. The van der Waals surface area contributed by atoms with Gasteiger partial charge in [-0.25, -0.2) is 0 Å². The first-order chi connectivity index (χ1) is 11.4. The van der Waals surface area contributed by atoms with Crippen LogP contribution in [-0.4, -0.2) is 30.5 Å². The van der Waals surface area contributed by atoms with Gasteiger partial charge in [-0.15, -0.1) is 0 Å². The molecule has 1 unspecified atom stereocenters. The maximum absolute atomic E-state index is 12.0. The van der Waals surface area contributed by atoms with Crippen LogP contribution >= 0.6 is 0 Å². The molecule has 128 valence electrons. The fourth-order valence-electron chi connectivity index (χ4n) is 2.44. The molecule has 24 heavy (non-hydrogen) atoms. The summed E-state index contributed by atoms with van der Waals surface area (Å²) in [7, 11) is 0. The second-order valence-corrected chi connectivity index (χ2v) is 6.45. The lowest BCUT2D eigenvalue weighted by molar-refractivity contribution is -0.124. The van der Waals surface area contributed by atoms with E-state index in [9.17, 15) is 14.9 Å². The van der Waals surface area contributed by atoms with Gasteiger partial charge in [0.2, 0.25) is 5.91 Å². The van der Waals surface area contributed by atoms with Crippen molar-refractivity contribution < 1.29 is 14.3 Å². The van der Waals surface area contributed by atoms with Crippen LogP contribution < -0.4 is 15.0 Å². The number of anilines is 1. The fourth-order valence-corrected chi connectivity index (χ4v) is 2.44. The molecule has 2 rings (SSSR count). The minimum absolute atomic E-state index is 0.0176. The van der Waals surface area contributed by atoms with E-state index in [4.69, 9.17) is 4.74 Å². The highest BCUT2D eigenvalue weighted by molar-refractivity contribution is 5.95. The van der Waals surface area contributed by atoms with Crippen LogP contribution in [0.1, 0.15) is 33.6 Å². The topological polar surface area (TPSA) is 82.4 Å². The van der Waals surface area contributed by atoms with E-state index in [-0.39, 0.29) is 24.3 Å². The van der Waals surface area contributed by atoms with E-state index in [1.54, 1.807) is 30.0 Å². The summed E-state index contributed by atoms with van der Waals surface area (Å²) in [6, 6.07) is 9.26. The Balaban J connectivity index is 1.96. The summed E-state index contributed by atoms with van der Waals surface area (Å²) in [4.78, 5) is 25.6. The van der Waals surface area contributed by atoms with Crippen molar-refractivity contribution in [2.24, 2.45) is 5.92 Å². The Labute approximate surface area is 142 Å². The zero-order valence-electron chi connectivity index (χ0n) is 14.3. The number of ether oxygens (including phenoxy) is 1. The molecule has 1 saturated heterocycles. The highest BCUT2D eigenvalue weighted by atomic mass is 16.5. The molecule has 1 aliphatic rings. The Bertz CT molecular complexity index is 666. The van der Waals surface area contributed by atoms with Gasteiger partial charge in [0.05, 0.1) is 6.07 Å². The van der Waals surface area contributed by atoms with E-state index >= 15 is 0 Å². The molecule has 6 heteroatoms. The van der Waals surface area contributed by atoms with Crippen molar-refractivity contribution in [3.05, 3.63) is 24.3 Å². The lowest BCUT2D eigenvalue weighted by Crippen LogP contribution is -2.50. The van der Waals surface area contributed by atoms with Crippen molar-refractivity contribution in [1.82, 2.24) is 5.32 Å². The Kier molecular flexibility index (Phi) is 5.45. The molecule has 1 aromatic carbocycles. The quantitative estimate of drug-likeness (QED) is 0.868.